The number of hydrogen-bond donors (Lipinski definition) is 1. The van der Waals surface area contributed by atoms with Crippen LogP contribution in [-0.2, 0) is 26.7 Å². The topological polar surface area (TPSA) is 94.3 Å². The minimum atomic E-state index is -4.74. The molecule has 0 amide bonds. The molecular formula is C16H14F3N3O4S2. The summed E-state index contributed by atoms with van der Waals surface area (Å²) in [5.41, 5.74) is -0.712. The van der Waals surface area contributed by atoms with E-state index in [1.807, 2.05) is 0 Å². The monoisotopic (exact) mass is 433 g/mol. The van der Waals surface area contributed by atoms with Gasteiger partial charge in [0.05, 0.1) is 0 Å². The highest BCUT2D eigenvalue weighted by Gasteiger charge is 2.38. The highest BCUT2D eigenvalue weighted by atomic mass is 32.2. The third-order valence-electron chi connectivity index (χ3n) is 3.86. The lowest BCUT2D eigenvalue weighted by Gasteiger charge is -2.29. The van der Waals surface area contributed by atoms with Crippen LogP contribution in [0.2, 0.25) is 0 Å². The fraction of sp³-hybridized carbons (Fsp3) is 0.250. The second-order valence-electron chi connectivity index (χ2n) is 5.77. The van der Waals surface area contributed by atoms with Gasteiger partial charge in [0.25, 0.3) is 10.0 Å². The zero-order chi connectivity index (χ0) is 20.6. The highest BCUT2D eigenvalue weighted by Crippen LogP contribution is 2.31. The van der Waals surface area contributed by atoms with Crippen LogP contribution < -0.4 is 4.72 Å². The highest BCUT2D eigenvalue weighted by molar-refractivity contribution is 7.91. The van der Waals surface area contributed by atoms with Gasteiger partial charge in [-0.25, -0.2) is 8.42 Å². The first-order valence-electron chi connectivity index (χ1n) is 7.69. The molecule has 7 nitrogen and oxygen atoms in total. The van der Waals surface area contributed by atoms with Crippen molar-refractivity contribution < 1.29 is 30.8 Å². The maximum absolute atomic E-state index is 12.6. The number of thiophene rings is 1. The number of aromatic nitrogens is 2. The van der Waals surface area contributed by atoms with E-state index < -0.39 is 27.8 Å². The predicted molar refractivity (Wildman–Crippen MR) is 93.7 cm³/mol. The lowest BCUT2D eigenvalue weighted by atomic mass is 10.0. The van der Waals surface area contributed by atoms with Crippen molar-refractivity contribution in [1.82, 2.24) is 14.9 Å². The first kappa shape index (κ1) is 20.5. The number of rotatable bonds is 6. The van der Waals surface area contributed by atoms with Crippen LogP contribution in [0.25, 0.3) is 11.4 Å². The number of ether oxygens (including phenoxy) is 1. The van der Waals surface area contributed by atoms with E-state index >= 15 is 0 Å². The van der Waals surface area contributed by atoms with Crippen LogP contribution in [0.4, 0.5) is 13.2 Å². The smallest absolute Gasteiger partial charge is 0.359 e. The molecule has 0 aliphatic carbocycles. The number of nitrogens with zero attached hydrogens (tertiary/aromatic N) is 2. The van der Waals surface area contributed by atoms with Gasteiger partial charge in [0.2, 0.25) is 5.82 Å². The number of nitrogens with one attached hydrogen (secondary N) is 1. The zero-order valence-electron chi connectivity index (χ0n) is 14.5. The van der Waals surface area contributed by atoms with E-state index in [-0.39, 0.29) is 15.6 Å². The van der Waals surface area contributed by atoms with Crippen LogP contribution in [0.3, 0.4) is 0 Å². The molecule has 12 heteroatoms. The molecule has 0 fully saturated rings. The molecule has 0 radical (unpaired) electrons. The van der Waals surface area contributed by atoms with Gasteiger partial charge in [0, 0.05) is 12.7 Å². The molecule has 0 spiro atoms. The molecule has 0 aliphatic rings. The molecule has 150 valence electrons. The summed E-state index contributed by atoms with van der Waals surface area (Å²) < 4.78 is 74.9. The Kier molecular flexibility index (Phi) is 5.32. The Balaban J connectivity index is 1.87. The van der Waals surface area contributed by atoms with Crippen LogP contribution in [0.15, 0.2) is 50.5 Å². The molecule has 0 aliphatic heterocycles. The summed E-state index contributed by atoms with van der Waals surface area (Å²) in [7, 11) is -2.50. The van der Waals surface area contributed by atoms with Crippen molar-refractivity contribution in [2.24, 2.45) is 0 Å². The quantitative estimate of drug-likeness (QED) is 0.597. The summed E-state index contributed by atoms with van der Waals surface area (Å²) in [6.07, 6.45) is -4.74. The number of alkyl halides is 3. The molecule has 28 heavy (non-hydrogen) atoms. The van der Waals surface area contributed by atoms with Crippen LogP contribution in [-0.4, -0.2) is 25.7 Å². The average molecular weight is 433 g/mol. The molecule has 3 rings (SSSR count). The predicted octanol–water partition coefficient (Wildman–Crippen LogP) is 3.61. The fourth-order valence-electron chi connectivity index (χ4n) is 2.33. The minimum Gasteiger partial charge on any atom is -0.359 e. The maximum atomic E-state index is 12.6. The minimum absolute atomic E-state index is 0.124. The Labute approximate surface area is 162 Å². The van der Waals surface area contributed by atoms with E-state index in [1.165, 1.54) is 44.4 Å². The zero-order valence-corrected chi connectivity index (χ0v) is 16.2. The molecule has 0 saturated heterocycles. The molecular weight excluding hydrogens is 419 g/mol. The van der Waals surface area contributed by atoms with E-state index in [0.29, 0.717) is 5.56 Å². The Morgan fingerprint density at radius 3 is 2.36 bits per heavy atom. The average Bonchev–Trinajstić information content (AvgIpc) is 3.33. The van der Waals surface area contributed by atoms with Crippen LogP contribution in [0.5, 0.6) is 0 Å². The number of benzene rings is 1. The Bertz CT molecular complexity index is 1050. The van der Waals surface area contributed by atoms with Gasteiger partial charge < -0.3 is 9.26 Å². The van der Waals surface area contributed by atoms with E-state index in [4.69, 9.17) is 4.74 Å². The van der Waals surface area contributed by atoms with Crippen molar-refractivity contribution in [3.63, 3.8) is 0 Å². The Morgan fingerprint density at radius 1 is 1.18 bits per heavy atom. The molecule has 1 aromatic carbocycles. The third-order valence-corrected chi connectivity index (χ3v) is 6.79. The largest absolute Gasteiger partial charge is 0.471 e. The van der Waals surface area contributed by atoms with Gasteiger partial charge in [0.1, 0.15) is 4.21 Å². The summed E-state index contributed by atoms with van der Waals surface area (Å²) in [5, 5.41) is 4.94. The molecule has 1 unspecified atom stereocenters. The normalized spacial score (nSPS) is 14.8. The summed E-state index contributed by atoms with van der Waals surface area (Å²) in [6, 6.07) is 8.95. The molecule has 3 aromatic rings. The van der Waals surface area contributed by atoms with E-state index in [2.05, 4.69) is 19.4 Å². The van der Waals surface area contributed by atoms with Crippen molar-refractivity contribution in [3.05, 3.63) is 53.2 Å². The van der Waals surface area contributed by atoms with Crippen molar-refractivity contribution in [2.75, 3.05) is 7.11 Å². The Hall–Kier alpha value is -2.28. The first-order chi connectivity index (χ1) is 13.0. The van der Waals surface area contributed by atoms with E-state index in [9.17, 15) is 21.6 Å². The first-order valence-corrected chi connectivity index (χ1v) is 10.1. The summed E-state index contributed by atoms with van der Waals surface area (Å²) in [4.78, 5) is 3.31. The van der Waals surface area contributed by atoms with Crippen molar-refractivity contribution in [2.45, 2.75) is 23.0 Å². The third kappa shape index (κ3) is 4.09. The Morgan fingerprint density at radius 2 is 1.86 bits per heavy atom. The fourth-order valence-corrected chi connectivity index (χ4v) is 4.65. The SMILES string of the molecule is COC(C)(NS(=O)(=O)c1cccs1)c1ccc(-c2noc(C(F)(F)F)n2)cc1. The second-order valence-corrected chi connectivity index (χ2v) is 8.63. The van der Waals surface area contributed by atoms with Gasteiger partial charge in [-0.1, -0.05) is 35.5 Å². The van der Waals surface area contributed by atoms with Crippen LogP contribution >= 0.6 is 11.3 Å². The van der Waals surface area contributed by atoms with Crippen molar-refractivity contribution >= 4 is 21.4 Å². The summed E-state index contributed by atoms with van der Waals surface area (Å²) >= 11 is 1.06. The summed E-state index contributed by atoms with van der Waals surface area (Å²) in [6.45, 7) is 1.52. The second kappa shape index (κ2) is 7.28. The lowest BCUT2D eigenvalue weighted by molar-refractivity contribution is -0.159. The molecule has 0 saturated carbocycles. The number of halogens is 3. The van der Waals surface area contributed by atoms with Gasteiger partial charge in [-0.2, -0.15) is 22.9 Å². The van der Waals surface area contributed by atoms with Gasteiger partial charge in [-0.15, -0.1) is 11.3 Å². The molecule has 2 aromatic heterocycles. The molecule has 0 bridgehead atoms. The standard InChI is InChI=1S/C16H14F3N3O4S2/c1-15(25-2,22-28(23,24)12-4-3-9-27-12)11-7-5-10(6-8-11)13-20-14(26-21-13)16(17,18)19/h3-9,22H,1-2H3. The number of methoxy groups -OCH3 is 1. The van der Waals surface area contributed by atoms with E-state index in [1.54, 1.807) is 11.4 Å². The maximum Gasteiger partial charge on any atom is 0.471 e. The molecule has 1 atom stereocenters. The summed E-state index contributed by atoms with van der Waals surface area (Å²) in [5.74, 6) is -1.69. The van der Waals surface area contributed by atoms with E-state index in [0.717, 1.165) is 11.3 Å². The van der Waals surface area contributed by atoms with Crippen LogP contribution in [0, 0.1) is 0 Å². The van der Waals surface area contributed by atoms with Gasteiger partial charge >= 0.3 is 12.1 Å². The van der Waals surface area contributed by atoms with Crippen molar-refractivity contribution in [3.8, 4) is 11.4 Å². The van der Waals surface area contributed by atoms with Crippen LogP contribution in [0.1, 0.15) is 18.4 Å². The molecule has 1 N–H and O–H groups in total. The lowest BCUT2D eigenvalue weighted by Crippen LogP contribution is -2.44. The van der Waals surface area contributed by atoms with Gasteiger partial charge in [-0.3, -0.25) is 0 Å². The van der Waals surface area contributed by atoms with Gasteiger partial charge in [-0.05, 0) is 23.9 Å². The molecule has 2 heterocycles. The number of hydrogen-bond acceptors (Lipinski definition) is 7. The van der Waals surface area contributed by atoms with Crippen molar-refractivity contribution in [1.29, 1.82) is 0 Å². The van der Waals surface area contributed by atoms with Gasteiger partial charge in [0.15, 0.2) is 5.72 Å². The number of sulfonamides is 1.